The molecule has 0 saturated heterocycles. The van der Waals surface area contributed by atoms with Gasteiger partial charge in [-0.2, -0.15) is 0 Å². The van der Waals surface area contributed by atoms with E-state index in [2.05, 4.69) is 27.7 Å². The molecule has 1 nitrogen and oxygen atoms in total. The van der Waals surface area contributed by atoms with Gasteiger partial charge in [0.2, 0.25) is 0 Å². The Bertz CT molecular complexity index is 298. The number of Topliss-reactive ketones (excluding diaryl/α,β-unsaturated/α-hetero) is 1. The van der Waals surface area contributed by atoms with E-state index in [4.69, 9.17) is 0 Å². The van der Waals surface area contributed by atoms with Crippen LogP contribution in [0.4, 0.5) is 0 Å². The molecule has 0 saturated carbocycles. The molecule has 0 N–H and O–H groups in total. The van der Waals surface area contributed by atoms with Crippen LogP contribution in [-0.4, -0.2) is 5.78 Å². The zero-order chi connectivity index (χ0) is 14.7. The average Bonchev–Trinajstić information content (AvgIpc) is 2.28. The number of carbonyl (C=O) groups excluding carboxylic acids is 1. The molecule has 0 amide bonds. The zero-order valence-corrected chi connectivity index (χ0v) is 13.7. The van der Waals surface area contributed by atoms with Crippen molar-refractivity contribution in [3.8, 4) is 0 Å². The van der Waals surface area contributed by atoms with Crippen LogP contribution in [0.1, 0.15) is 88.5 Å². The van der Waals surface area contributed by atoms with Gasteiger partial charge in [0, 0.05) is 0 Å². The van der Waals surface area contributed by atoms with Gasteiger partial charge in [-0.15, -0.1) is 0 Å². The Kier molecular flexibility index (Phi) is 16.6. The number of allylic oxidation sites excluding steroid dienone is 4. The molecule has 0 radical (unpaired) electrons. The lowest BCUT2D eigenvalue weighted by Gasteiger charge is -2.01. The Hall–Kier alpha value is -0.850. The monoisotopic (exact) mass is 268 g/mol. The minimum absolute atomic E-state index is 0. The van der Waals surface area contributed by atoms with Gasteiger partial charge in [0.25, 0.3) is 0 Å². The third kappa shape index (κ3) is 15.1. The van der Waals surface area contributed by atoms with Gasteiger partial charge in [0.15, 0.2) is 5.78 Å². The van der Waals surface area contributed by atoms with E-state index in [1.165, 1.54) is 31.3 Å². The van der Waals surface area contributed by atoms with Crippen LogP contribution in [0.3, 0.4) is 0 Å². The van der Waals surface area contributed by atoms with Gasteiger partial charge in [0.1, 0.15) is 0 Å². The van der Waals surface area contributed by atoms with Crippen molar-refractivity contribution in [2.24, 2.45) is 0 Å². The average molecular weight is 268 g/mol. The van der Waals surface area contributed by atoms with E-state index >= 15 is 0 Å². The second-order valence-corrected chi connectivity index (χ2v) is 5.42. The van der Waals surface area contributed by atoms with Crippen LogP contribution >= 0.6 is 0 Å². The molecule has 0 unspecified atom stereocenters. The van der Waals surface area contributed by atoms with Crippen molar-refractivity contribution in [3.05, 3.63) is 22.3 Å². The second kappa shape index (κ2) is 13.6. The summed E-state index contributed by atoms with van der Waals surface area (Å²) in [6, 6.07) is 0. The summed E-state index contributed by atoms with van der Waals surface area (Å²) < 4.78 is 0. The molecule has 0 heterocycles. The Morgan fingerprint density at radius 1 is 0.789 bits per heavy atom. The van der Waals surface area contributed by atoms with E-state index in [0.29, 0.717) is 0 Å². The molecule has 0 spiro atoms. The number of carbonyl (C=O) groups is 1. The maximum atomic E-state index is 10.5. The van der Waals surface area contributed by atoms with E-state index in [9.17, 15) is 4.79 Å². The smallest absolute Gasteiger partial charge is 0.155 e. The molecule has 0 aromatic rings. The van der Waals surface area contributed by atoms with E-state index in [1.54, 1.807) is 12.5 Å². The van der Waals surface area contributed by atoms with Crippen molar-refractivity contribution in [1.82, 2.24) is 0 Å². The molecular weight excluding hydrogens is 232 g/mol. The zero-order valence-electron chi connectivity index (χ0n) is 13.7. The van der Waals surface area contributed by atoms with Gasteiger partial charge < -0.3 is 0 Å². The predicted molar refractivity (Wildman–Crippen MR) is 89.7 cm³/mol. The van der Waals surface area contributed by atoms with E-state index < -0.39 is 0 Å². The van der Waals surface area contributed by atoms with Gasteiger partial charge in [-0.3, -0.25) is 4.79 Å². The highest BCUT2D eigenvalue weighted by Gasteiger charge is 1.95. The minimum atomic E-state index is 0. The molecule has 0 aromatic carbocycles. The van der Waals surface area contributed by atoms with Gasteiger partial charge in [-0.1, -0.05) is 43.9 Å². The highest BCUT2D eigenvalue weighted by Crippen LogP contribution is 2.11. The van der Waals surface area contributed by atoms with Crippen LogP contribution in [0.15, 0.2) is 22.3 Å². The fourth-order valence-corrected chi connectivity index (χ4v) is 1.24. The van der Waals surface area contributed by atoms with E-state index in [1.807, 2.05) is 20.8 Å². The molecule has 0 bridgehead atoms. The maximum Gasteiger partial charge on any atom is 0.155 e. The molecule has 0 aliphatic rings. The van der Waals surface area contributed by atoms with Gasteiger partial charge >= 0.3 is 0 Å². The van der Waals surface area contributed by atoms with Crippen molar-refractivity contribution in [3.63, 3.8) is 0 Å². The summed E-state index contributed by atoms with van der Waals surface area (Å²) in [6.45, 7) is 16.2. The van der Waals surface area contributed by atoms with Gasteiger partial charge in [-0.25, -0.2) is 0 Å². The Morgan fingerprint density at radius 3 is 1.47 bits per heavy atom. The van der Waals surface area contributed by atoms with Crippen molar-refractivity contribution >= 4 is 5.78 Å². The molecule has 114 valence electrons. The number of rotatable bonds is 5. The third-order valence-corrected chi connectivity index (χ3v) is 3.29. The molecule has 19 heavy (non-hydrogen) atoms. The lowest BCUT2D eigenvalue weighted by Crippen LogP contribution is -1.92. The molecule has 0 aliphatic carbocycles. The molecular formula is C18H36O. The fourth-order valence-electron chi connectivity index (χ4n) is 1.24. The van der Waals surface area contributed by atoms with Gasteiger partial charge in [0.05, 0.1) is 0 Å². The van der Waals surface area contributed by atoms with Crippen molar-refractivity contribution in [2.75, 3.05) is 0 Å². The van der Waals surface area contributed by atoms with Crippen LogP contribution in [0.25, 0.3) is 0 Å². The van der Waals surface area contributed by atoms with E-state index in [-0.39, 0.29) is 13.2 Å². The van der Waals surface area contributed by atoms with E-state index in [0.717, 1.165) is 11.1 Å². The Morgan fingerprint density at radius 2 is 1.26 bits per heavy atom. The summed E-state index contributed by atoms with van der Waals surface area (Å²) in [6.07, 6.45) is 5.38. The summed E-state index contributed by atoms with van der Waals surface area (Å²) in [5.41, 5.74) is 5.06. The minimum Gasteiger partial charge on any atom is -0.295 e. The van der Waals surface area contributed by atoms with Crippen LogP contribution < -0.4 is 0 Å². The summed E-state index contributed by atoms with van der Waals surface area (Å²) >= 11 is 0. The predicted octanol–water partition coefficient (Wildman–Crippen LogP) is 6.49. The third-order valence-electron chi connectivity index (χ3n) is 3.29. The summed E-state index contributed by atoms with van der Waals surface area (Å²) in [5, 5.41) is 0. The molecule has 0 rings (SSSR count). The fraction of sp³-hybridized carbons (Fsp3) is 0.722. The number of ketones is 1. The molecule has 0 fully saturated rings. The first-order chi connectivity index (χ1) is 8.23. The topological polar surface area (TPSA) is 17.1 Å². The SMILES string of the molecule is C.CC(=O)C(C)=C(C)C.CCCCCC(C)=C(C)C. The largest absolute Gasteiger partial charge is 0.295 e. The first-order valence-electron chi connectivity index (χ1n) is 7.01. The van der Waals surface area contributed by atoms with Crippen LogP contribution in [0, 0.1) is 0 Å². The highest BCUT2D eigenvalue weighted by molar-refractivity contribution is 5.93. The summed E-state index contributed by atoms with van der Waals surface area (Å²) in [4.78, 5) is 10.5. The first-order valence-corrected chi connectivity index (χ1v) is 7.01. The van der Waals surface area contributed by atoms with Crippen molar-refractivity contribution < 1.29 is 4.79 Å². The standard InChI is InChI=1S/C10H20.C7H12O.CH4/c1-5-6-7-8-10(4)9(2)3;1-5(2)6(3)7(4)8;/h5-8H2,1-4H3;1-4H3;1H4. The van der Waals surface area contributed by atoms with Gasteiger partial charge in [-0.05, 0) is 66.9 Å². The summed E-state index contributed by atoms with van der Waals surface area (Å²) in [5.74, 6) is 0.171. The highest BCUT2D eigenvalue weighted by atomic mass is 16.1. The number of unbranched alkanes of at least 4 members (excludes halogenated alkanes) is 2. The van der Waals surface area contributed by atoms with Crippen LogP contribution in [0.2, 0.25) is 0 Å². The second-order valence-electron chi connectivity index (χ2n) is 5.42. The molecule has 0 atom stereocenters. The Balaban J connectivity index is -0.000000262. The first kappa shape index (κ1) is 23.3. The lowest BCUT2D eigenvalue weighted by atomic mass is 10.1. The normalized spacial score (nSPS) is 8.63. The van der Waals surface area contributed by atoms with Crippen molar-refractivity contribution in [1.29, 1.82) is 0 Å². The van der Waals surface area contributed by atoms with Crippen LogP contribution in [0.5, 0.6) is 0 Å². The lowest BCUT2D eigenvalue weighted by molar-refractivity contribution is -0.113. The number of hydrogen-bond donors (Lipinski definition) is 0. The number of hydrogen-bond acceptors (Lipinski definition) is 1. The maximum absolute atomic E-state index is 10.5. The van der Waals surface area contributed by atoms with Crippen molar-refractivity contribution in [2.45, 2.75) is 88.5 Å². The molecule has 1 heteroatoms. The van der Waals surface area contributed by atoms with Crippen LogP contribution in [-0.2, 0) is 4.79 Å². The quantitative estimate of drug-likeness (QED) is 0.316. The Labute approximate surface area is 122 Å². The molecule has 0 aliphatic heterocycles. The summed E-state index contributed by atoms with van der Waals surface area (Å²) in [7, 11) is 0. The molecule has 0 aromatic heterocycles.